The summed E-state index contributed by atoms with van der Waals surface area (Å²) >= 11 is 5.93. The highest BCUT2D eigenvalue weighted by Crippen LogP contribution is 2.16. The minimum absolute atomic E-state index is 0.0540. The first-order valence-corrected chi connectivity index (χ1v) is 9.41. The molecule has 0 spiro atoms. The lowest BCUT2D eigenvalue weighted by molar-refractivity contribution is 0.183. The average molecular weight is 375 g/mol. The summed E-state index contributed by atoms with van der Waals surface area (Å²) in [6, 6.07) is 15.5. The summed E-state index contributed by atoms with van der Waals surface area (Å²) in [6.45, 7) is 5.12. The molecule has 0 heterocycles. The third-order valence-corrected chi connectivity index (χ3v) is 4.64. The van der Waals surface area contributed by atoms with Gasteiger partial charge in [-0.25, -0.2) is 4.79 Å². The standard InChI is InChI=1S/C21H27ClN2O2/c1-3-17-5-9-19(10-6-17)16(2)23-21(26)24(13-4-14-25)15-18-7-11-20(22)12-8-18/h5-12,16,25H,3-4,13-15H2,1-2H3,(H,23,26)/t16-/m0/s1. The number of carbonyl (C=O) groups is 1. The van der Waals surface area contributed by atoms with Gasteiger partial charge in [-0.05, 0) is 48.6 Å². The molecule has 5 heteroatoms. The number of rotatable bonds is 8. The van der Waals surface area contributed by atoms with Crippen molar-refractivity contribution in [1.29, 1.82) is 0 Å². The molecule has 0 radical (unpaired) electrons. The van der Waals surface area contributed by atoms with Crippen molar-refractivity contribution in [3.8, 4) is 0 Å². The van der Waals surface area contributed by atoms with Gasteiger partial charge in [0.2, 0.25) is 0 Å². The minimum atomic E-state index is -0.138. The van der Waals surface area contributed by atoms with Crippen LogP contribution in [0, 0.1) is 0 Å². The molecular weight excluding hydrogens is 348 g/mol. The Morgan fingerprint density at radius 3 is 2.31 bits per heavy atom. The van der Waals surface area contributed by atoms with Crippen LogP contribution < -0.4 is 5.32 Å². The molecule has 26 heavy (non-hydrogen) atoms. The molecule has 2 aromatic rings. The van der Waals surface area contributed by atoms with Gasteiger partial charge in [0, 0.05) is 24.7 Å². The molecule has 0 saturated heterocycles. The zero-order valence-corrected chi connectivity index (χ0v) is 16.2. The molecule has 0 saturated carbocycles. The van der Waals surface area contributed by atoms with E-state index < -0.39 is 0 Å². The van der Waals surface area contributed by atoms with Crippen molar-refractivity contribution in [3.63, 3.8) is 0 Å². The fourth-order valence-electron chi connectivity index (χ4n) is 2.73. The molecule has 0 fully saturated rings. The Morgan fingerprint density at radius 1 is 1.12 bits per heavy atom. The van der Waals surface area contributed by atoms with E-state index in [1.807, 2.05) is 31.2 Å². The summed E-state index contributed by atoms with van der Waals surface area (Å²) in [7, 11) is 0. The van der Waals surface area contributed by atoms with E-state index in [0.717, 1.165) is 17.5 Å². The van der Waals surface area contributed by atoms with Crippen LogP contribution in [0.15, 0.2) is 48.5 Å². The van der Waals surface area contributed by atoms with Crippen LogP contribution >= 0.6 is 11.6 Å². The number of aryl methyl sites for hydroxylation is 1. The van der Waals surface area contributed by atoms with Gasteiger partial charge in [-0.2, -0.15) is 0 Å². The minimum Gasteiger partial charge on any atom is -0.396 e. The Balaban J connectivity index is 2.03. The maximum atomic E-state index is 12.7. The molecule has 0 unspecified atom stereocenters. The molecular formula is C21H27ClN2O2. The van der Waals surface area contributed by atoms with Gasteiger partial charge in [0.05, 0.1) is 6.04 Å². The first-order valence-electron chi connectivity index (χ1n) is 9.03. The fourth-order valence-corrected chi connectivity index (χ4v) is 2.85. The van der Waals surface area contributed by atoms with Crippen LogP contribution in [0.1, 0.15) is 43.0 Å². The molecule has 0 aliphatic rings. The zero-order chi connectivity index (χ0) is 18.9. The highest BCUT2D eigenvalue weighted by atomic mass is 35.5. The molecule has 4 nitrogen and oxygen atoms in total. The summed E-state index contributed by atoms with van der Waals surface area (Å²) in [6.07, 6.45) is 1.54. The number of nitrogens with one attached hydrogen (secondary N) is 1. The van der Waals surface area contributed by atoms with Gasteiger partial charge < -0.3 is 15.3 Å². The van der Waals surface area contributed by atoms with Crippen molar-refractivity contribution in [2.75, 3.05) is 13.2 Å². The molecule has 2 amide bonds. The molecule has 0 bridgehead atoms. The topological polar surface area (TPSA) is 52.6 Å². The Morgan fingerprint density at radius 2 is 1.73 bits per heavy atom. The third-order valence-electron chi connectivity index (χ3n) is 4.39. The Kier molecular flexibility index (Phi) is 7.95. The van der Waals surface area contributed by atoms with Crippen LogP contribution in [0.3, 0.4) is 0 Å². The molecule has 140 valence electrons. The van der Waals surface area contributed by atoms with Crippen molar-refractivity contribution in [3.05, 3.63) is 70.2 Å². The molecule has 2 aromatic carbocycles. The van der Waals surface area contributed by atoms with Crippen LogP contribution in [0.4, 0.5) is 4.79 Å². The van der Waals surface area contributed by atoms with Crippen LogP contribution in [0.25, 0.3) is 0 Å². The van der Waals surface area contributed by atoms with Crippen molar-refractivity contribution in [1.82, 2.24) is 10.2 Å². The Labute approximate surface area is 160 Å². The summed E-state index contributed by atoms with van der Waals surface area (Å²) in [5.41, 5.74) is 3.35. The lowest BCUT2D eigenvalue weighted by Crippen LogP contribution is -2.41. The second kappa shape index (κ2) is 10.2. The number of hydrogen-bond donors (Lipinski definition) is 2. The normalized spacial score (nSPS) is 11.8. The molecule has 2 N–H and O–H groups in total. The van der Waals surface area contributed by atoms with Crippen molar-refractivity contribution in [2.24, 2.45) is 0 Å². The predicted octanol–water partition coefficient (Wildman–Crippen LogP) is 4.56. The van der Waals surface area contributed by atoms with E-state index in [0.29, 0.717) is 24.5 Å². The van der Waals surface area contributed by atoms with Gasteiger partial charge in [0.1, 0.15) is 0 Å². The van der Waals surface area contributed by atoms with E-state index in [1.165, 1.54) is 5.56 Å². The number of benzene rings is 2. The third kappa shape index (κ3) is 6.04. The van der Waals surface area contributed by atoms with Crippen LogP contribution in [0.2, 0.25) is 5.02 Å². The number of nitrogens with zero attached hydrogens (tertiary/aromatic N) is 1. The van der Waals surface area contributed by atoms with E-state index in [-0.39, 0.29) is 18.7 Å². The van der Waals surface area contributed by atoms with Crippen LogP contribution in [-0.2, 0) is 13.0 Å². The second-order valence-corrected chi connectivity index (χ2v) is 6.83. The Bertz CT molecular complexity index is 686. The number of carbonyl (C=O) groups excluding carboxylic acids is 1. The van der Waals surface area contributed by atoms with Crippen molar-refractivity contribution in [2.45, 2.75) is 39.3 Å². The number of urea groups is 1. The largest absolute Gasteiger partial charge is 0.396 e. The maximum absolute atomic E-state index is 12.7. The molecule has 1 atom stereocenters. The second-order valence-electron chi connectivity index (χ2n) is 6.39. The van der Waals surface area contributed by atoms with Gasteiger partial charge in [-0.1, -0.05) is 54.9 Å². The van der Waals surface area contributed by atoms with Crippen molar-refractivity contribution < 1.29 is 9.90 Å². The summed E-state index contributed by atoms with van der Waals surface area (Å²) in [4.78, 5) is 14.5. The van der Waals surface area contributed by atoms with Gasteiger partial charge in [0.25, 0.3) is 0 Å². The molecule has 0 aliphatic heterocycles. The highest BCUT2D eigenvalue weighted by Gasteiger charge is 2.17. The van der Waals surface area contributed by atoms with Crippen LogP contribution in [0.5, 0.6) is 0 Å². The van der Waals surface area contributed by atoms with E-state index in [2.05, 4.69) is 36.5 Å². The van der Waals surface area contributed by atoms with Crippen LogP contribution in [-0.4, -0.2) is 29.2 Å². The first kappa shape index (κ1) is 20.3. The number of aliphatic hydroxyl groups excluding tert-OH is 1. The lowest BCUT2D eigenvalue weighted by Gasteiger charge is -2.25. The monoisotopic (exact) mass is 374 g/mol. The van der Waals surface area contributed by atoms with E-state index in [1.54, 1.807) is 4.90 Å². The smallest absolute Gasteiger partial charge is 0.318 e. The molecule has 0 aromatic heterocycles. The van der Waals surface area contributed by atoms with Crippen molar-refractivity contribution >= 4 is 17.6 Å². The summed E-state index contributed by atoms with van der Waals surface area (Å²) in [5.74, 6) is 0. The molecule has 2 rings (SSSR count). The lowest BCUT2D eigenvalue weighted by atomic mass is 10.1. The van der Waals surface area contributed by atoms with E-state index in [9.17, 15) is 4.79 Å². The number of amides is 2. The quantitative estimate of drug-likeness (QED) is 0.711. The van der Waals surface area contributed by atoms with Gasteiger partial charge in [-0.3, -0.25) is 0 Å². The Hall–Kier alpha value is -2.04. The van der Waals surface area contributed by atoms with Gasteiger partial charge in [0.15, 0.2) is 0 Å². The van der Waals surface area contributed by atoms with Gasteiger partial charge >= 0.3 is 6.03 Å². The maximum Gasteiger partial charge on any atom is 0.318 e. The fraction of sp³-hybridized carbons (Fsp3) is 0.381. The SMILES string of the molecule is CCc1ccc([C@H](C)NC(=O)N(CCCO)Cc2ccc(Cl)cc2)cc1. The molecule has 0 aliphatic carbocycles. The summed E-state index contributed by atoms with van der Waals surface area (Å²) in [5, 5.41) is 12.9. The van der Waals surface area contributed by atoms with E-state index in [4.69, 9.17) is 16.7 Å². The van der Waals surface area contributed by atoms with Gasteiger partial charge in [-0.15, -0.1) is 0 Å². The predicted molar refractivity (Wildman–Crippen MR) is 106 cm³/mol. The number of aliphatic hydroxyl groups is 1. The van der Waals surface area contributed by atoms with E-state index >= 15 is 0 Å². The highest BCUT2D eigenvalue weighted by molar-refractivity contribution is 6.30. The average Bonchev–Trinajstić information content (AvgIpc) is 2.66. The zero-order valence-electron chi connectivity index (χ0n) is 15.4. The summed E-state index contributed by atoms with van der Waals surface area (Å²) < 4.78 is 0. The number of halogens is 1. The number of hydrogen-bond acceptors (Lipinski definition) is 2. The first-order chi connectivity index (χ1) is 12.5.